The topological polar surface area (TPSA) is 18.5 Å². The van der Waals surface area contributed by atoms with Gasteiger partial charge in [-0.05, 0) is 0 Å². The Hall–Kier alpha value is -0.0800. The highest BCUT2D eigenvalue weighted by molar-refractivity contribution is 4.28. The molecule has 5 heavy (non-hydrogen) atoms. The zero-order valence-electron chi connectivity index (χ0n) is 2.94. The Kier molecular flexibility index (Phi) is 0.862. The van der Waals surface area contributed by atoms with Crippen LogP contribution in [0.3, 0.4) is 0 Å². The van der Waals surface area contributed by atoms with E-state index in [1.165, 1.54) is 0 Å². The summed E-state index contributed by atoms with van der Waals surface area (Å²) in [5.41, 5.74) is 0. The molecule has 0 aromatic carbocycles. The van der Waals surface area contributed by atoms with E-state index in [9.17, 15) is 0 Å². The highest BCUT2D eigenvalue weighted by Crippen LogP contribution is 1.85. The first kappa shape index (κ1) is 3.12. The third-order valence-corrected chi connectivity index (χ3v) is 0.539. The highest BCUT2D eigenvalue weighted by Gasteiger charge is 1.93. The van der Waals surface area contributed by atoms with Gasteiger partial charge >= 0.3 is 0 Å². The van der Waals surface area contributed by atoms with E-state index in [-0.39, 0.29) is 0 Å². The minimum absolute atomic E-state index is 0.500. The summed E-state index contributed by atoms with van der Waals surface area (Å²) >= 11 is 0. The molecule has 1 saturated heterocycles. The van der Waals surface area contributed by atoms with Gasteiger partial charge in [0.05, 0.1) is 13.2 Å². The van der Waals surface area contributed by atoms with Crippen LogP contribution >= 0.6 is 0 Å². The third kappa shape index (κ3) is 0.597. The second kappa shape index (κ2) is 1.38. The molecule has 2 nitrogen and oxygen atoms in total. The number of ether oxygens (including phenoxy) is 2. The number of hydrogen-bond donors (Lipinski definition) is 0. The maximum atomic E-state index is 4.72. The predicted molar refractivity (Wildman–Crippen MR) is 16.8 cm³/mol. The van der Waals surface area contributed by atoms with Gasteiger partial charge in [-0.2, -0.15) is 0 Å². The summed E-state index contributed by atoms with van der Waals surface area (Å²) in [5.74, 6) is 0. The van der Waals surface area contributed by atoms with E-state index < -0.39 is 0 Å². The molecule has 0 aromatic heterocycles. The Morgan fingerprint density at radius 2 is 1.60 bits per heavy atom. The highest BCUT2D eigenvalue weighted by atomic mass is 16.8. The van der Waals surface area contributed by atoms with E-state index in [1.807, 2.05) is 0 Å². The molecule has 1 aliphatic rings. The third-order valence-electron chi connectivity index (χ3n) is 0.539. The SMILES string of the molecule is C1CO[13CH2]O1. The summed E-state index contributed by atoms with van der Waals surface area (Å²) in [6.45, 7) is 2.06. The average molecular weight is 75.1 g/mol. The van der Waals surface area contributed by atoms with Gasteiger partial charge < -0.3 is 9.47 Å². The zero-order valence-corrected chi connectivity index (χ0v) is 2.94. The summed E-state index contributed by atoms with van der Waals surface area (Å²) in [5, 5.41) is 0. The Balaban J connectivity index is 2.08. The summed E-state index contributed by atoms with van der Waals surface area (Å²) in [4.78, 5) is 0. The Labute approximate surface area is 30.7 Å². The smallest absolute Gasteiger partial charge is 0.146 e. The van der Waals surface area contributed by atoms with Crippen LogP contribution in [0.4, 0.5) is 0 Å². The number of rotatable bonds is 0. The molecule has 1 aliphatic heterocycles. The maximum absolute atomic E-state index is 4.72. The predicted octanol–water partition coefficient (Wildman–Crippen LogP) is -0.00930. The van der Waals surface area contributed by atoms with Gasteiger partial charge in [-0.3, -0.25) is 0 Å². The summed E-state index contributed by atoms with van der Waals surface area (Å²) in [7, 11) is 0. The van der Waals surface area contributed by atoms with Gasteiger partial charge in [-0.1, -0.05) is 0 Å². The summed E-state index contributed by atoms with van der Waals surface area (Å²) in [6, 6.07) is 0. The molecule has 0 atom stereocenters. The summed E-state index contributed by atoms with van der Waals surface area (Å²) in [6.07, 6.45) is 0. The average Bonchev–Trinajstić information content (AvgIpc) is 1.76. The van der Waals surface area contributed by atoms with E-state index in [4.69, 9.17) is 9.47 Å². The van der Waals surface area contributed by atoms with Crippen LogP contribution in [-0.2, 0) is 9.47 Å². The van der Waals surface area contributed by atoms with Crippen LogP contribution in [-0.4, -0.2) is 20.0 Å². The van der Waals surface area contributed by atoms with Crippen molar-refractivity contribution in [3.8, 4) is 0 Å². The molecule has 30 valence electrons. The lowest BCUT2D eigenvalue weighted by molar-refractivity contribution is 0.0692. The van der Waals surface area contributed by atoms with Crippen LogP contribution < -0.4 is 0 Å². The van der Waals surface area contributed by atoms with Gasteiger partial charge in [-0.25, -0.2) is 0 Å². The molecular formula is C3H6O2. The van der Waals surface area contributed by atoms with Crippen molar-refractivity contribution in [3.05, 3.63) is 0 Å². The minimum Gasteiger partial charge on any atom is -0.353 e. The lowest BCUT2D eigenvalue weighted by atomic mass is 10.8. The largest absolute Gasteiger partial charge is 0.353 e. The number of hydrogen-bond acceptors (Lipinski definition) is 2. The molecule has 0 spiro atoms. The molecule has 0 aromatic rings. The molecule has 0 aliphatic carbocycles. The first-order chi connectivity index (χ1) is 2.50. The van der Waals surface area contributed by atoms with Crippen LogP contribution in [0.15, 0.2) is 0 Å². The monoisotopic (exact) mass is 75.0 g/mol. The molecule has 1 heterocycles. The summed E-state index contributed by atoms with van der Waals surface area (Å²) < 4.78 is 9.44. The van der Waals surface area contributed by atoms with Crippen molar-refractivity contribution in [3.63, 3.8) is 0 Å². The van der Waals surface area contributed by atoms with Crippen LogP contribution in [0.5, 0.6) is 0 Å². The van der Waals surface area contributed by atoms with Crippen molar-refractivity contribution in [2.45, 2.75) is 0 Å². The quantitative estimate of drug-likeness (QED) is 0.377. The fourth-order valence-electron chi connectivity index (χ4n) is 0.295. The van der Waals surface area contributed by atoms with Crippen molar-refractivity contribution < 1.29 is 9.47 Å². The lowest BCUT2D eigenvalue weighted by Gasteiger charge is -1.76. The van der Waals surface area contributed by atoms with Gasteiger partial charge in [0.2, 0.25) is 0 Å². The van der Waals surface area contributed by atoms with E-state index in [1.54, 1.807) is 0 Å². The van der Waals surface area contributed by atoms with Gasteiger partial charge in [0.1, 0.15) is 6.79 Å². The van der Waals surface area contributed by atoms with Crippen molar-refractivity contribution in [1.29, 1.82) is 0 Å². The van der Waals surface area contributed by atoms with Crippen molar-refractivity contribution in [2.75, 3.05) is 20.0 Å². The second-order valence-corrected chi connectivity index (χ2v) is 0.934. The van der Waals surface area contributed by atoms with Crippen LogP contribution in [0.25, 0.3) is 0 Å². The van der Waals surface area contributed by atoms with Gasteiger partial charge in [0.15, 0.2) is 0 Å². The van der Waals surface area contributed by atoms with Crippen LogP contribution in [0, 0.1) is 0 Å². The van der Waals surface area contributed by atoms with Crippen LogP contribution in [0.2, 0.25) is 0 Å². The Morgan fingerprint density at radius 1 is 1.00 bits per heavy atom. The molecule has 0 bridgehead atoms. The van der Waals surface area contributed by atoms with E-state index in [0.29, 0.717) is 6.79 Å². The van der Waals surface area contributed by atoms with Crippen LogP contribution in [0.1, 0.15) is 0 Å². The van der Waals surface area contributed by atoms with Gasteiger partial charge in [0.25, 0.3) is 0 Å². The molecule has 1 rings (SSSR count). The first-order valence-electron chi connectivity index (χ1n) is 1.65. The fourth-order valence-corrected chi connectivity index (χ4v) is 0.295. The van der Waals surface area contributed by atoms with Crippen molar-refractivity contribution in [2.24, 2.45) is 0 Å². The normalized spacial score (nSPS) is 24.0. The molecule has 2 heteroatoms. The Morgan fingerprint density at radius 3 is 1.80 bits per heavy atom. The Bertz CT molecular complexity index is 16.5. The second-order valence-electron chi connectivity index (χ2n) is 0.934. The van der Waals surface area contributed by atoms with Gasteiger partial charge in [0, 0.05) is 0 Å². The van der Waals surface area contributed by atoms with E-state index >= 15 is 0 Å². The molecule has 0 amide bonds. The fraction of sp³-hybridized carbons (Fsp3) is 1.00. The molecule has 0 radical (unpaired) electrons. The maximum Gasteiger partial charge on any atom is 0.146 e. The first-order valence-corrected chi connectivity index (χ1v) is 1.65. The minimum atomic E-state index is 0.500. The van der Waals surface area contributed by atoms with Crippen molar-refractivity contribution in [1.82, 2.24) is 0 Å². The van der Waals surface area contributed by atoms with Gasteiger partial charge in [-0.15, -0.1) is 0 Å². The molecule has 0 unspecified atom stereocenters. The van der Waals surface area contributed by atoms with Crippen molar-refractivity contribution >= 4 is 0 Å². The lowest BCUT2D eigenvalue weighted by Crippen LogP contribution is -1.79. The molecular weight excluding hydrogens is 69.0 g/mol. The molecule has 0 saturated carbocycles. The molecule has 0 N–H and O–H groups in total. The molecule has 1 fully saturated rings. The van der Waals surface area contributed by atoms with E-state index in [2.05, 4.69) is 0 Å². The van der Waals surface area contributed by atoms with E-state index in [0.717, 1.165) is 13.2 Å². The standard InChI is InChI=1S/C3H6O2/c1-2-5-3-4-1/h1-3H2/i3+1. The zero-order chi connectivity index (χ0) is 3.54.